The number of carbonyl (C=O) groups is 2. The summed E-state index contributed by atoms with van der Waals surface area (Å²) >= 11 is 0. The molecule has 104 valence electrons. The summed E-state index contributed by atoms with van der Waals surface area (Å²) in [5, 5.41) is 18.0. The van der Waals surface area contributed by atoms with Crippen LogP contribution in [0.1, 0.15) is 26.3 Å². The lowest BCUT2D eigenvalue weighted by Gasteiger charge is -2.30. The van der Waals surface area contributed by atoms with Crippen molar-refractivity contribution >= 4 is 11.9 Å². The van der Waals surface area contributed by atoms with Crippen molar-refractivity contribution in [3.8, 4) is 0 Å². The molecule has 19 heavy (non-hydrogen) atoms. The van der Waals surface area contributed by atoms with Gasteiger partial charge < -0.3 is 24.4 Å². The van der Waals surface area contributed by atoms with Crippen molar-refractivity contribution in [3.05, 3.63) is 34.9 Å². The molecule has 1 aromatic carbocycles. The first kappa shape index (κ1) is 15.1. The Kier molecular flexibility index (Phi) is 4.60. The number of methoxy groups -OCH3 is 3. The Hall–Kier alpha value is -1.96. The van der Waals surface area contributed by atoms with Gasteiger partial charge in [-0.2, -0.15) is 0 Å². The molecule has 0 aliphatic carbocycles. The van der Waals surface area contributed by atoms with Crippen molar-refractivity contribution in [3.63, 3.8) is 0 Å². The van der Waals surface area contributed by atoms with Gasteiger partial charge in [-0.15, -0.1) is 0 Å². The van der Waals surface area contributed by atoms with Crippen LogP contribution in [0, 0.1) is 0 Å². The van der Waals surface area contributed by atoms with Crippen LogP contribution < -0.4 is 0 Å². The third-order valence-electron chi connectivity index (χ3n) is 2.63. The lowest BCUT2D eigenvalue weighted by atomic mass is 10.0. The van der Waals surface area contributed by atoms with Crippen molar-refractivity contribution < 1.29 is 34.0 Å². The van der Waals surface area contributed by atoms with Crippen LogP contribution >= 0.6 is 0 Å². The maximum atomic E-state index is 11.2. The van der Waals surface area contributed by atoms with Crippen LogP contribution in [0.3, 0.4) is 0 Å². The van der Waals surface area contributed by atoms with E-state index in [1.165, 1.54) is 33.5 Å². The van der Waals surface area contributed by atoms with E-state index in [1.54, 1.807) is 0 Å². The summed E-state index contributed by atoms with van der Waals surface area (Å²) in [6.07, 6.45) is 0. The molecule has 7 nitrogen and oxygen atoms in total. The van der Waals surface area contributed by atoms with Gasteiger partial charge >= 0.3 is 17.9 Å². The highest BCUT2D eigenvalue weighted by Gasteiger charge is 2.36. The Morgan fingerprint density at radius 3 is 1.89 bits per heavy atom. The first-order valence-electron chi connectivity index (χ1n) is 5.18. The Balaban J connectivity index is 3.50. The van der Waals surface area contributed by atoms with E-state index in [-0.39, 0.29) is 16.7 Å². The van der Waals surface area contributed by atoms with Gasteiger partial charge in [0.25, 0.3) is 0 Å². The highest BCUT2D eigenvalue weighted by atomic mass is 16.9. The van der Waals surface area contributed by atoms with Gasteiger partial charge in [0.2, 0.25) is 0 Å². The van der Waals surface area contributed by atoms with E-state index < -0.39 is 17.9 Å². The summed E-state index contributed by atoms with van der Waals surface area (Å²) in [6, 6.07) is 3.55. The molecule has 0 spiro atoms. The van der Waals surface area contributed by atoms with Crippen LogP contribution in [-0.4, -0.2) is 43.5 Å². The normalized spacial score (nSPS) is 11.3. The van der Waals surface area contributed by atoms with Crippen molar-refractivity contribution in [2.75, 3.05) is 21.3 Å². The third-order valence-corrected chi connectivity index (χ3v) is 2.63. The summed E-state index contributed by atoms with van der Waals surface area (Å²) in [5.74, 6) is -4.24. The molecule has 0 unspecified atom stereocenters. The maximum absolute atomic E-state index is 11.2. The maximum Gasteiger partial charge on any atom is 0.336 e. The van der Waals surface area contributed by atoms with Crippen LogP contribution in [0.5, 0.6) is 0 Å². The van der Waals surface area contributed by atoms with E-state index in [4.69, 9.17) is 24.4 Å². The van der Waals surface area contributed by atoms with Gasteiger partial charge in [0.15, 0.2) is 0 Å². The fraction of sp³-hybridized carbons (Fsp3) is 0.333. The summed E-state index contributed by atoms with van der Waals surface area (Å²) in [7, 11) is 3.84. The molecule has 0 fully saturated rings. The average molecular weight is 270 g/mol. The van der Waals surface area contributed by atoms with Gasteiger partial charge in [0, 0.05) is 21.3 Å². The highest BCUT2D eigenvalue weighted by Crippen LogP contribution is 2.30. The lowest BCUT2D eigenvalue weighted by molar-refractivity contribution is -0.364. The largest absolute Gasteiger partial charge is 0.478 e. The SMILES string of the molecule is COC(OC)(OC)c1ccc(C(=O)O)cc1C(=O)O. The smallest absolute Gasteiger partial charge is 0.336 e. The van der Waals surface area contributed by atoms with Gasteiger partial charge in [-0.05, 0) is 18.2 Å². The minimum absolute atomic E-state index is 0.0671. The first-order chi connectivity index (χ1) is 8.91. The van der Waals surface area contributed by atoms with Crippen molar-refractivity contribution in [2.45, 2.75) is 5.97 Å². The predicted molar refractivity (Wildman–Crippen MR) is 63.1 cm³/mol. The highest BCUT2D eigenvalue weighted by molar-refractivity contribution is 5.95. The average Bonchev–Trinajstić information content (AvgIpc) is 2.41. The number of carboxylic acid groups (broad SMARTS) is 2. The Labute approximate surface area is 109 Å². The molecule has 0 saturated heterocycles. The van der Waals surface area contributed by atoms with Crippen LogP contribution in [0.4, 0.5) is 0 Å². The molecule has 0 aliphatic rings. The van der Waals surface area contributed by atoms with Gasteiger partial charge in [-0.1, -0.05) is 0 Å². The summed E-state index contributed by atoms with van der Waals surface area (Å²) < 4.78 is 15.2. The van der Waals surface area contributed by atoms with E-state index >= 15 is 0 Å². The molecule has 0 saturated carbocycles. The first-order valence-corrected chi connectivity index (χ1v) is 5.18. The molecule has 2 N–H and O–H groups in total. The molecule has 1 rings (SSSR count). The topological polar surface area (TPSA) is 102 Å². The molecule has 0 radical (unpaired) electrons. The molecular formula is C12H14O7. The number of aromatic carboxylic acids is 2. The van der Waals surface area contributed by atoms with Gasteiger partial charge in [-0.25, -0.2) is 9.59 Å². The van der Waals surface area contributed by atoms with E-state index in [0.29, 0.717) is 0 Å². The standard InChI is InChI=1S/C12H14O7/c1-17-12(18-2,19-3)9-5-4-7(10(13)14)6-8(9)11(15)16/h4-6H,1-3H3,(H,13,14)(H,15,16). The predicted octanol–water partition coefficient (Wildman–Crippen LogP) is 1.13. The summed E-state index contributed by atoms with van der Waals surface area (Å²) in [6.45, 7) is 0. The minimum Gasteiger partial charge on any atom is -0.478 e. The number of carboxylic acids is 2. The molecule has 0 heterocycles. The molecule has 1 aromatic rings. The fourth-order valence-corrected chi connectivity index (χ4v) is 1.70. The van der Waals surface area contributed by atoms with E-state index in [2.05, 4.69) is 0 Å². The number of ether oxygens (including phenoxy) is 3. The zero-order chi connectivity index (χ0) is 14.6. The quantitative estimate of drug-likeness (QED) is 0.747. The number of rotatable bonds is 6. The number of benzene rings is 1. The van der Waals surface area contributed by atoms with Crippen molar-refractivity contribution in [2.24, 2.45) is 0 Å². The third kappa shape index (κ3) is 2.73. The number of hydrogen-bond acceptors (Lipinski definition) is 5. The molecule has 0 aromatic heterocycles. The van der Waals surface area contributed by atoms with Gasteiger partial charge in [-0.3, -0.25) is 0 Å². The Morgan fingerprint density at radius 2 is 1.53 bits per heavy atom. The second-order valence-corrected chi connectivity index (χ2v) is 3.54. The lowest BCUT2D eigenvalue weighted by Crippen LogP contribution is -2.34. The molecule has 0 bridgehead atoms. The summed E-state index contributed by atoms with van der Waals surface area (Å²) in [5.41, 5.74) is -0.360. The molecule has 0 amide bonds. The summed E-state index contributed by atoms with van der Waals surface area (Å²) in [4.78, 5) is 22.1. The van der Waals surface area contributed by atoms with Crippen molar-refractivity contribution in [1.82, 2.24) is 0 Å². The Morgan fingerprint density at radius 1 is 1.00 bits per heavy atom. The molecule has 0 atom stereocenters. The zero-order valence-electron chi connectivity index (χ0n) is 10.7. The van der Waals surface area contributed by atoms with Gasteiger partial charge in [0.1, 0.15) is 0 Å². The van der Waals surface area contributed by atoms with Crippen molar-refractivity contribution in [1.29, 1.82) is 0 Å². The van der Waals surface area contributed by atoms with Crippen LogP contribution in [0.2, 0.25) is 0 Å². The van der Waals surface area contributed by atoms with Crippen LogP contribution in [-0.2, 0) is 20.2 Å². The van der Waals surface area contributed by atoms with E-state index in [9.17, 15) is 9.59 Å². The van der Waals surface area contributed by atoms with Gasteiger partial charge in [0.05, 0.1) is 16.7 Å². The Bertz CT molecular complexity index is 483. The number of hydrogen-bond donors (Lipinski definition) is 2. The van der Waals surface area contributed by atoms with E-state index in [0.717, 1.165) is 6.07 Å². The second kappa shape index (κ2) is 5.79. The molecular weight excluding hydrogens is 256 g/mol. The fourth-order valence-electron chi connectivity index (χ4n) is 1.70. The van der Waals surface area contributed by atoms with Crippen LogP contribution in [0.25, 0.3) is 0 Å². The molecule has 0 aliphatic heterocycles. The van der Waals surface area contributed by atoms with E-state index in [1.807, 2.05) is 0 Å². The molecule has 7 heteroatoms. The zero-order valence-corrected chi connectivity index (χ0v) is 10.7. The second-order valence-electron chi connectivity index (χ2n) is 3.54. The monoisotopic (exact) mass is 270 g/mol. The minimum atomic E-state index is -1.70. The van der Waals surface area contributed by atoms with Crippen LogP contribution in [0.15, 0.2) is 18.2 Å².